The fraction of sp³-hybridized carbons (Fsp3) is 0.364. The van der Waals surface area contributed by atoms with Crippen molar-refractivity contribution in [1.82, 2.24) is 4.31 Å². The third kappa shape index (κ3) is 3.14. The van der Waals surface area contributed by atoms with Crippen LogP contribution in [0.4, 0.5) is 0 Å². The number of hydrogen-bond acceptors (Lipinski definition) is 5. The highest BCUT2D eigenvalue weighted by Crippen LogP contribution is 2.23. The molecular weight excluding hydrogens is 338 g/mol. The van der Waals surface area contributed by atoms with Crippen LogP contribution in [0.25, 0.3) is 0 Å². The number of morpholine rings is 1. The Kier molecular flexibility index (Phi) is 4.24. The number of carboxylic acids is 1. The highest BCUT2D eigenvalue weighted by molar-refractivity contribution is 9.10. The summed E-state index contributed by atoms with van der Waals surface area (Å²) in [6.07, 6.45) is 0. The zero-order chi connectivity index (χ0) is 14.0. The Hall–Kier alpha value is -0.960. The van der Waals surface area contributed by atoms with E-state index in [1.54, 1.807) is 0 Å². The summed E-state index contributed by atoms with van der Waals surface area (Å²) < 4.78 is 31.4. The van der Waals surface area contributed by atoms with Crippen molar-refractivity contribution >= 4 is 31.9 Å². The van der Waals surface area contributed by atoms with Gasteiger partial charge in [-0.2, -0.15) is 4.31 Å². The second-order valence-electron chi connectivity index (χ2n) is 3.98. The highest BCUT2D eigenvalue weighted by atomic mass is 79.9. The zero-order valence-corrected chi connectivity index (χ0v) is 12.2. The molecule has 1 fully saturated rings. The van der Waals surface area contributed by atoms with Crippen molar-refractivity contribution in [3.8, 4) is 0 Å². The van der Waals surface area contributed by atoms with Crippen LogP contribution in [0.15, 0.2) is 27.6 Å². The number of aromatic carboxylic acids is 1. The van der Waals surface area contributed by atoms with Crippen molar-refractivity contribution in [1.29, 1.82) is 0 Å². The number of halogens is 1. The second kappa shape index (κ2) is 5.58. The van der Waals surface area contributed by atoms with Crippen LogP contribution in [0, 0.1) is 0 Å². The lowest BCUT2D eigenvalue weighted by Crippen LogP contribution is -2.40. The van der Waals surface area contributed by atoms with Crippen molar-refractivity contribution in [2.45, 2.75) is 4.90 Å². The van der Waals surface area contributed by atoms with Crippen molar-refractivity contribution in [3.63, 3.8) is 0 Å². The van der Waals surface area contributed by atoms with Gasteiger partial charge in [0.25, 0.3) is 0 Å². The maximum Gasteiger partial charge on any atom is 0.243 e. The van der Waals surface area contributed by atoms with E-state index in [0.717, 1.165) is 6.07 Å². The number of hydrogen-bond donors (Lipinski definition) is 0. The molecule has 1 heterocycles. The summed E-state index contributed by atoms with van der Waals surface area (Å²) in [7, 11) is -3.71. The molecule has 1 saturated heterocycles. The summed E-state index contributed by atoms with van der Waals surface area (Å²) in [5.41, 5.74) is -0.179. The molecular formula is C11H11BrNO5S-. The van der Waals surface area contributed by atoms with E-state index in [4.69, 9.17) is 4.74 Å². The van der Waals surface area contributed by atoms with Gasteiger partial charge in [-0.1, -0.05) is 15.9 Å². The monoisotopic (exact) mass is 348 g/mol. The fourth-order valence-corrected chi connectivity index (χ4v) is 3.89. The molecule has 0 amide bonds. The Morgan fingerprint density at radius 1 is 1.26 bits per heavy atom. The van der Waals surface area contributed by atoms with Gasteiger partial charge in [-0.15, -0.1) is 0 Å². The first-order chi connectivity index (χ1) is 8.91. The van der Waals surface area contributed by atoms with Gasteiger partial charge < -0.3 is 14.6 Å². The van der Waals surface area contributed by atoms with Crippen LogP contribution in [0.5, 0.6) is 0 Å². The van der Waals surface area contributed by atoms with E-state index < -0.39 is 16.0 Å². The molecule has 0 atom stereocenters. The minimum Gasteiger partial charge on any atom is -0.545 e. The van der Waals surface area contributed by atoms with Gasteiger partial charge in [-0.3, -0.25) is 0 Å². The lowest BCUT2D eigenvalue weighted by atomic mass is 10.2. The first-order valence-electron chi connectivity index (χ1n) is 5.51. The Morgan fingerprint density at radius 3 is 2.47 bits per heavy atom. The molecule has 1 aliphatic rings. The number of carboxylic acid groups (broad SMARTS) is 1. The molecule has 8 heteroatoms. The third-order valence-corrected chi connectivity index (χ3v) is 5.05. The molecule has 19 heavy (non-hydrogen) atoms. The number of carbonyl (C=O) groups excluding carboxylic acids is 1. The summed E-state index contributed by atoms with van der Waals surface area (Å²) >= 11 is 3.10. The molecule has 0 unspecified atom stereocenters. The number of nitrogens with zero attached hydrogens (tertiary/aromatic N) is 1. The lowest BCUT2D eigenvalue weighted by Gasteiger charge is -2.26. The first-order valence-corrected chi connectivity index (χ1v) is 7.74. The average Bonchev–Trinajstić information content (AvgIpc) is 2.39. The normalized spacial score (nSPS) is 17.3. The van der Waals surface area contributed by atoms with Crippen LogP contribution >= 0.6 is 15.9 Å². The molecule has 1 aromatic rings. The molecule has 0 aliphatic carbocycles. The lowest BCUT2D eigenvalue weighted by molar-refractivity contribution is -0.255. The molecule has 2 rings (SSSR count). The van der Waals surface area contributed by atoms with Crippen molar-refractivity contribution in [2.75, 3.05) is 26.3 Å². The van der Waals surface area contributed by atoms with Crippen LogP contribution in [0.1, 0.15) is 10.4 Å². The smallest absolute Gasteiger partial charge is 0.243 e. The van der Waals surface area contributed by atoms with Crippen LogP contribution in [-0.4, -0.2) is 45.0 Å². The number of sulfonamides is 1. The fourth-order valence-electron chi connectivity index (χ4n) is 1.77. The van der Waals surface area contributed by atoms with Crippen molar-refractivity contribution < 1.29 is 23.1 Å². The minimum atomic E-state index is -3.71. The van der Waals surface area contributed by atoms with Gasteiger partial charge in [0, 0.05) is 17.6 Å². The molecule has 1 aliphatic heterocycles. The number of rotatable bonds is 3. The van der Waals surface area contributed by atoms with Gasteiger partial charge >= 0.3 is 0 Å². The zero-order valence-electron chi connectivity index (χ0n) is 9.84. The van der Waals surface area contributed by atoms with Gasteiger partial charge in [0.1, 0.15) is 0 Å². The standard InChI is InChI=1S/C11H12BrNO5S/c12-9-5-8(11(14)15)6-10(7-9)19(16,17)13-1-3-18-4-2-13/h5-7H,1-4H2,(H,14,15)/p-1. The molecule has 0 spiro atoms. The van der Waals surface area contributed by atoms with Crippen LogP contribution in [0.2, 0.25) is 0 Å². The maximum absolute atomic E-state index is 12.4. The molecule has 0 bridgehead atoms. The molecule has 0 N–H and O–H groups in total. The van der Waals surface area contributed by atoms with Crippen molar-refractivity contribution in [2.24, 2.45) is 0 Å². The van der Waals surface area contributed by atoms with E-state index in [-0.39, 0.29) is 23.5 Å². The second-order valence-corrected chi connectivity index (χ2v) is 6.83. The van der Waals surface area contributed by atoms with E-state index >= 15 is 0 Å². The summed E-state index contributed by atoms with van der Waals surface area (Å²) in [5.74, 6) is -1.42. The predicted octanol–water partition coefficient (Wildman–Crippen LogP) is -0.167. The Morgan fingerprint density at radius 2 is 1.89 bits per heavy atom. The number of ether oxygens (including phenoxy) is 1. The Balaban J connectivity index is 2.42. The average molecular weight is 349 g/mol. The Labute approximate surface area is 119 Å². The molecule has 0 saturated carbocycles. The van der Waals surface area contributed by atoms with Crippen LogP contribution in [0.3, 0.4) is 0 Å². The van der Waals surface area contributed by atoms with Gasteiger partial charge in [-0.25, -0.2) is 8.42 Å². The molecule has 0 aromatic heterocycles. The molecule has 0 radical (unpaired) electrons. The summed E-state index contributed by atoms with van der Waals surface area (Å²) in [6, 6.07) is 3.77. The third-order valence-electron chi connectivity index (χ3n) is 2.71. The van der Waals surface area contributed by atoms with Crippen molar-refractivity contribution in [3.05, 3.63) is 28.2 Å². The highest BCUT2D eigenvalue weighted by Gasteiger charge is 2.26. The van der Waals surface area contributed by atoms with E-state index in [1.165, 1.54) is 16.4 Å². The minimum absolute atomic E-state index is 0.0667. The van der Waals surface area contributed by atoms with E-state index in [9.17, 15) is 18.3 Å². The summed E-state index contributed by atoms with van der Waals surface area (Å²) in [4.78, 5) is 10.8. The number of benzene rings is 1. The molecule has 6 nitrogen and oxygen atoms in total. The maximum atomic E-state index is 12.4. The number of carbonyl (C=O) groups is 1. The molecule has 104 valence electrons. The topological polar surface area (TPSA) is 86.7 Å². The largest absolute Gasteiger partial charge is 0.545 e. The summed E-state index contributed by atoms with van der Waals surface area (Å²) in [6.45, 7) is 1.19. The van der Waals surface area contributed by atoms with E-state index in [1.807, 2.05) is 0 Å². The summed E-state index contributed by atoms with van der Waals surface area (Å²) in [5, 5.41) is 10.8. The van der Waals surface area contributed by atoms with Gasteiger partial charge in [-0.05, 0) is 23.8 Å². The quantitative estimate of drug-likeness (QED) is 0.757. The van der Waals surface area contributed by atoms with E-state index in [2.05, 4.69) is 15.9 Å². The van der Waals surface area contributed by atoms with Gasteiger partial charge in [0.15, 0.2) is 0 Å². The first kappa shape index (κ1) is 14.4. The van der Waals surface area contributed by atoms with Crippen LogP contribution < -0.4 is 5.11 Å². The Bertz CT molecular complexity index is 595. The van der Waals surface area contributed by atoms with Gasteiger partial charge in [0.2, 0.25) is 10.0 Å². The van der Waals surface area contributed by atoms with E-state index in [0.29, 0.717) is 17.7 Å². The molecule has 1 aromatic carbocycles. The van der Waals surface area contributed by atoms with Crippen LogP contribution in [-0.2, 0) is 14.8 Å². The SMILES string of the molecule is O=C([O-])c1cc(Br)cc(S(=O)(=O)N2CCOCC2)c1. The predicted molar refractivity (Wildman–Crippen MR) is 68.1 cm³/mol. The van der Waals surface area contributed by atoms with Gasteiger partial charge in [0.05, 0.1) is 24.1 Å².